The highest BCUT2D eigenvalue weighted by Crippen LogP contribution is 2.40. The number of hydrogen-bond acceptors (Lipinski definition) is 7. The van der Waals surface area contributed by atoms with E-state index in [0.717, 1.165) is 22.4 Å². The molecule has 1 atom stereocenters. The Labute approximate surface area is 247 Å². The minimum Gasteiger partial charge on any atom is -0.478 e. The first-order valence-corrected chi connectivity index (χ1v) is 14.2. The number of para-hydroxylation sites is 1. The van der Waals surface area contributed by atoms with Crippen molar-refractivity contribution in [1.29, 1.82) is 0 Å². The molecule has 0 unspecified atom stereocenters. The summed E-state index contributed by atoms with van der Waals surface area (Å²) in [6.07, 6.45) is 0.270. The highest BCUT2D eigenvalue weighted by Gasteiger charge is 2.30. The van der Waals surface area contributed by atoms with Crippen LogP contribution in [0.2, 0.25) is 10.0 Å². The molecule has 2 saturated heterocycles. The quantitative estimate of drug-likeness (QED) is 0.434. The van der Waals surface area contributed by atoms with Gasteiger partial charge < -0.3 is 34.4 Å². The number of hydrogen-bond donors (Lipinski definition) is 2. The summed E-state index contributed by atoms with van der Waals surface area (Å²) in [5, 5.41) is 20.2. The van der Waals surface area contributed by atoms with E-state index in [2.05, 4.69) is 0 Å². The van der Waals surface area contributed by atoms with Gasteiger partial charge in [0.05, 0.1) is 52.7 Å². The number of rotatable bonds is 5. The molecule has 0 radical (unpaired) electrons. The van der Waals surface area contributed by atoms with Crippen LogP contribution in [0.1, 0.15) is 32.7 Å². The number of amides is 1. The summed E-state index contributed by atoms with van der Waals surface area (Å²) in [4.78, 5) is 31.1. The maximum absolute atomic E-state index is 13.6. The molecule has 0 aliphatic carbocycles. The lowest BCUT2D eigenvalue weighted by molar-refractivity contribution is 0.0516. The van der Waals surface area contributed by atoms with Crippen molar-refractivity contribution in [2.75, 3.05) is 55.9 Å². The molecule has 3 heterocycles. The van der Waals surface area contributed by atoms with Crippen molar-refractivity contribution < 1.29 is 29.3 Å². The number of carbonyl (C=O) groups is 2. The number of nitrogens with zero attached hydrogens (tertiary/aromatic N) is 3. The lowest BCUT2D eigenvalue weighted by Gasteiger charge is -2.32. The molecule has 214 valence electrons. The lowest BCUT2D eigenvalue weighted by Crippen LogP contribution is -2.37. The molecule has 3 aliphatic heterocycles. The van der Waals surface area contributed by atoms with Crippen LogP contribution in [-0.4, -0.2) is 79.2 Å². The molecular formula is C30H29Cl2N3O6. The fourth-order valence-electron chi connectivity index (χ4n) is 5.66. The number of anilines is 2. The molecule has 11 heteroatoms. The Balaban J connectivity index is 1.26. The summed E-state index contributed by atoms with van der Waals surface area (Å²) in [6.45, 7) is 3.76. The number of carbonyl (C=O) groups excluding carboxylic acids is 1. The number of benzene rings is 3. The van der Waals surface area contributed by atoms with Crippen LogP contribution in [0.5, 0.6) is 5.75 Å². The normalized spacial score (nSPS) is 18.7. The van der Waals surface area contributed by atoms with E-state index in [1.165, 1.54) is 0 Å². The van der Waals surface area contributed by atoms with E-state index < -0.39 is 12.1 Å². The Bertz CT molecular complexity index is 1490. The van der Waals surface area contributed by atoms with Crippen LogP contribution in [0.4, 0.5) is 11.4 Å². The second-order valence-electron chi connectivity index (χ2n) is 10.4. The number of carboxylic acid groups (broad SMARTS) is 1. The Hall–Kier alpha value is -3.50. The average molecular weight is 598 g/mol. The van der Waals surface area contributed by atoms with Crippen LogP contribution >= 0.6 is 23.2 Å². The number of aromatic carboxylic acids is 1. The number of carboxylic acids is 1. The van der Waals surface area contributed by atoms with Crippen molar-refractivity contribution in [1.82, 2.24) is 4.90 Å². The number of morpholine rings is 1. The largest absolute Gasteiger partial charge is 0.478 e. The predicted molar refractivity (Wildman–Crippen MR) is 157 cm³/mol. The van der Waals surface area contributed by atoms with E-state index in [1.807, 2.05) is 34.1 Å². The topological polar surface area (TPSA) is 103 Å². The van der Waals surface area contributed by atoms with E-state index in [0.29, 0.717) is 57.3 Å². The zero-order chi connectivity index (χ0) is 28.7. The van der Waals surface area contributed by atoms with Crippen molar-refractivity contribution in [3.05, 3.63) is 75.3 Å². The first kappa shape index (κ1) is 27.7. The molecule has 9 nitrogen and oxygen atoms in total. The van der Waals surface area contributed by atoms with Crippen LogP contribution < -0.4 is 14.5 Å². The Morgan fingerprint density at radius 2 is 1.71 bits per heavy atom. The van der Waals surface area contributed by atoms with Crippen LogP contribution in [0, 0.1) is 0 Å². The molecule has 0 bridgehead atoms. The van der Waals surface area contributed by atoms with Crippen LogP contribution in [0.3, 0.4) is 0 Å². The monoisotopic (exact) mass is 597 g/mol. The first-order chi connectivity index (χ1) is 19.8. The van der Waals surface area contributed by atoms with E-state index >= 15 is 0 Å². The van der Waals surface area contributed by atoms with Crippen LogP contribution in [0.25, 0.3) is 11.1 Å². The second kappa shape index (κ2) is 11.4. The number of aliphatic hydroxyl groups is 1. The van der Waals surface area contributed by atoms with Crippen molar-refractivity contribution >= 4 is 46.5 Å². The van der Waals surface area contributed by atoms with E-state index in [4.69, 9.17) is 32.7 Å². The van der Waals surface area contributed by atoms with Gasteiger partial charge in [0.15, 0.2) is 6.73 Å². The number of β-amino-alcohol motifs (C(OH)–C–C–N with tert-alkyl or cyclic N) is 1. The van der Waals surface area contributed by atoms with Gasteiger partial charge in [0, 0.05) is 43.0 Å². The molecule has 3 aromatic rings. The molecular weight excluding hydrogens is 569 g/mol. The highest BCUT2D eigenvalue weighted by atomic mass is 35.5. The summed E-state index contributed by atoms with van der Waals surface area (Å²) in [5.41, 5.74) is 4.30. The molecule has 0 aromatic heterocycles. The summed E-state index contributed by atoms with van der Waals surface area (Å²) in [5.74, 6) is -0.681. The number of fused-ring (bicyclic) bond motifs is 1. The standard InChI is InChI=1S/C30H29Cl2N3O6/c31-24-13-20(34-7-6-21(36)16-34)14-25(32)27(24)29(37)35-15-19-2-1-3-22(28(19)41-17-35)18-4-5-23(30(38)39)26(12-18)33-8-10-40-11-9-33/h1-5,12-14,21,36H,6-11,15-17H2,(H,38,39)/t21-/m1/s1. The van der Waals surface area contributed by atoms with Crippen molar-refractivity contribution in [3.63, 3.8) is 0 Å². The van der Waals surface area contributed by atoms with Crippen LogP contribution in [0.15, 0.2) is 48.5 Å². The molecule has 0 spiro atoms. The van der Waals surface area contributed by atoms with E-state index in [1.54, 1.807) is 29.2 Å². The zero-order valence-electron chi connectivity index (χ0n) is 22.2. The molecule has 1 amide bonds. The van der Waals surface area contributed by atoms with E-state index in [9.17, 15) is 19.8 Å². The minimum atomic E-state index is -0.984. The maximum atomic E-state index is 13.6. The van der Waals surface area contributed by atoms with Gasteiger partial charge >= 0.3 is 5.97 Å². The van der Waals surface area contributed by atoms with E-state index in [-0.39, 0.29) is 40.4 Å². The molecule has 41 heavy (non-hydrogen) atoms. The number of halogens is 2. The summed E-state index contributed by atoms with van der Waals surface area (Å²) in [6, 6.07) is 14.4. The maximum Gasteiger partial charge on any atom is 0.337 e. The fraction of sp³-hybridized carbons (Fsp3) is 0.333. The third-order valence-corrected chi connectivity index (χ3v) is 8.37. The van der Waals surface area contributed by atoms with Gasteiger partial charge in [0.25, 0.3) is 5.91 Å². The van der Waals surface area contributed by atoms with Gasteiger partial charge in [-0.25, -0.2) is 4.79 Å². The molecule has 3 aromatic carbocycles. The van der Waals surface area contributed by atoms with Gasteiger partial charge in [-0.3, -0.25) is 4.79 Å². The van der Waals surface area contributed by atoms with Crippen LogP contribution in [-0.2, 0) is 11.3 Å². The lowest BCUT2D eigenvalue weighted by atomic mass is 9.97. The van der Waals surface area contributed by atoms with Gasteiger partial charge in [-0.2, -0.15) is 0 Å². The average Bonchev–Trinajstić information content (AvgIpc) is 3.42. The first-order valence-electron chi connectivity index (χ1n) is 13.5. The van der Waals surface area contributed by atoms with Gasteiger partial charge in [-0.05, 0) is 36.2 Å². The number of aliphatic hydroxyl groups excluding tert-OH is 1. The molecule has 2 N–H and O–H groups in total. The Kier molecular flexibility index (Phi) is 7.70. The van der Waals surface area contributed by atoms with Gasteiger partial charge in [0.1, 0.15) is 5.75 Å². The SMILES string of the molecule is O=C(O)c1ccc(-c2cccc3c2OCN(C(=O)c2c(Cl)cc(N4CC[C@@H](O)C4)cc2Cl)C3)cc1N1CCOCC1. The Morgan fingerprint density at radius 3 is 2.39 bits per heavy atom. The summed E-state index contributed by atoms with van der Waals surface area (Å²) < 4.78 is 11.6. The van der Waals surface area contributed by atoms with Gasteiger partial charge in [-0.15, -0.1) is 0 Å². The number of ether oxygens (including phenoxy) is 2. The smallest absolute Gasteiger partial charge is 0.337 e. The molecule has 0 saturated carbocycles. The Morgan fingerprint density at radius 1 is 0.951 bits per heavy atom. The fourth-order valence-corrected chi connectivity index (χ4v) is 6.30. The van der Waals surface area contributed by atoms with Crippen molar-refractivity contribution in [2.45, 2.75) is 19.1 Å². The van der Waals surface area contributed by atoms with Gasteiger partial charge in [0.2, 0.25) is 0 Å². The third-order valence-electron chi connectivity index (χ3n) is 7.77. The third kappa shape index (κ3) is 5.42. The summed E-state index contributed by atoms with van der Waals surface area (Å²) >= 11 is 13.1. The molecule has 2 fully saturated rings. The zero-order valence-corrected chi connectivity index (χ0v) is 23.7. The van der Waals surface area contributed by atoms with Gasteiger partial charge in [-0.1, -0.05) is 47.5 Å². The highest BCUT2D eigenvalue weighted by molar-refractivity contribution is 6.40. The van der Waals surface area contributed by atoms with Crippen molar-refractivity contribution in [3.8, 4) is 16.9 Å². The molecule has 3 aliphatic rings. The van der Waals surface area contributed by atoms with Crippen molar-refractivity contribution in [2.24, 2.45) is 0 Å². The molecule has 6 rings (SSSR count). The predicted octanol–water partition coefficient (Wildman–Crippen LogP) is 4.76. The summed E-state index contributed by atoms with van der Waals surface area (Å²) in [7, 11) is 0. The second-order valence-corrected chi connectivity index (χ2v) is 11.2. The minimum absolute atomic E-state index is 0.000889.